The lowest BCUT2D eigenvalue weighted by molar-refractivity contribution is -0.0623. The summed E-state index contributed by atoms with van der Waals surface area (Å²) in [6, 6.07) is 15.8. The second kappa shape index (κ2) is 7.48. The first-order valence-electron chi connectivity index (χ1n) is 9.11. The third kappa shape index (κ3) is 3.19. The van der Waals surface area contributed by atoms with Gasteiger partial charge in [0.2, 0.25) is 0 Å². The minimum absolute atomic E-state index is 0.0912. The van der Waals surface area contributed by atoms with Crippen LogP contribution in [0, 0.1) is 0 Å². The van der Waals surface area contributed by atoms with Gasteiger partial charge in [-0.05, 0) is 41.8 Å². The normalized spacial score (nSPS) is 27.5. The molecule has 0 spiro atoms. The Morgan fingerprint density at radius 1 is 0.889 bits per heavy atom. The highest BCUT2D eigenvalue weighted by Crippen LogP contribution is 2.50. The fraction of sp³-hybridized carbons (Fsp3) is 0.429. The van der Waals surface area contributed by atoms with Gasteiger partial charge < -0.3 is 24.1 Å². The summed E-state index contributed by atoms with van der Waals surface area (Å²) in [5, 5.41) is 9.65. The van der Waals surface area contributed by atoms with Crippen molar-refractivity contribution in [3.8, 4) is 11.5 Å². The van der Waals surface area contributed by atoms with E-state index >= 15 is 0 Å². The van der Waals surface area contributed by atoms with Gasteiger partial charge in [0.15, 0.2) is 0 Å². The van der Waals surface area contributed by atoms with Crippen LogP contribution in [-0.4, -0.2) is 49.6 Å². The summed E-state index contributed by atoms with van der Waals surface area (Å²) in [6.45, 7) is 1.14. The smallest absolute Gasteiger partial charge is 0.139 e. The monoisotopic (exact) mass is 371 g/mol. The predicted molar refractivity (Wildman–Crippen MR) is 99.6 cm³/mol. The van der Waals surface area contributed by atoms with Gasteiger partial charge in [0, 0.05) is 6.61 Å². The van der Waals surface area contributed by atoms with E-state index in [1.807, 2.05) is 48.5 Å². The fourth-order valence-corrected chi connectivity index (χ4v) is 3.97. The van der Waals surface area contributed by atoms with Crippen LogP contribution in [0.2, 0.25) is 0 Å². The molecular weight excluding hydrogens is 346 g/mol. The highest BCUT2D eigenvalue weighted by Gasteiger charge is 2.56. The topological polar surface area (TPSA) is 60.4 Å². The van der Waals surface area contributed by atoms with Crippen LogP contribution in [-0.2, 0) is 9.47 Å². The molecule has 2 aromatic rings. The first-order valence-corrected chi connectivity index (χ1v) is 9.11. The Hall–Kier alpha value is -2.12. The molecule has 4 rings (SSSR count). The van der Waals surface area contributed by atoms with E-state index in [1.54, 1.807) is 14.2 Å². The summed E-state index contributed by atoms with van der Waals surface area (Å²) in [4.78, 5) is 2.26. The van der Waals surface area contributed by atoms with Gasteiger partial charge in [0.25, 0.3) is 0 Å². The molecule has 0 amide bonds. The molecule has 2 aliphatic heterocycles. The van der Waals surface area contributed by atoms with Gasteiger partial charge in [-0.3, -0.25) is 0 Å². The molecule has 1 unspecified atom stereocenters. The van der Waals surface area contributed by atoms with Crippen LogP contribution in [0.3, 0.4) is 0 Å². The van der Waals surface area contributed by atoms with Crippen molar-refractivity contribution in [2.45, 2.75) is 24.4 Å². The average molecular weight is 371 g/mol. The molecule has 6 heteroatoms. The zero-order chi connectivity index (χ0) is 18.9. The Morgan fingerprint density at radius 2 is 1.33 bits per heavy atom. The number of aliphatic hydroxyl groups excluding tert-OH is 1. The van der Waals surface area contributed by atoms with Gasteiger partial charge in [0.05, 0.1) is 33.0 Å². The van der Waals surface area contributed by atoms with Gasteiger partial charge in [-0.25, -0.2) is 4.90 Å². The van der Waals surface area contributed by atoms with Gasteiger partial charge in [0.1, 0.15) is 24.0 Å². The van der Waals surface area contributed by atoms with Crippen molar-refractivity contribution in [1.29, 1.82) is 0 Å². The lowest BCUT2D eigenvalue weighted by atomic mass is 9.96. The largest absolute Gasteiger partial charge is 0.497 e. The van der Waals surface area contributed by atoms with Gasteiger partial charge in [-0.15, -0.1) is 0 Å². The zero-order valence-electron chi connectivity index (χ0n) is 15.6. The highest BCUT2D eigenvalue weighted by molar-refractivity contribution is 5.32. The third-order valence-electron chi connectivity index (χ3n) is 5.45. The maximum absolute atomic E-state index is 9.65. The van der Waals surface area contributed by atoms with Crippen LogP contribution in [0.4, 0.5) is 0 Å². The molecule has 0 radical (unpaired) electrons. The molecule has 0 saturated carbocycles. The van der Waals surface area contributed by atoms with E-state index in [-0.39, 0.29) is 24.6 Å². The number of rotatable bonds is 6. The quantitative estimate of drug-likeness (QED) is 0.843. The van der Waals surface area contributed by atoms with Crippen molar-refractivity contribution in [1.82, 2.24) is 4.90 Å². The van der Waals surface area contributed by atoms with Crippen LogP contribution < -0.4 is 9.47 Å². The van der Waals surface area contributed by atoms with Gasteiger partial charge in [-0.1, -0.05) is 24.3 Å². The molecule has 0 aromatic heterocycles. The summed E-state index contributed by atoms with van der Waals surface area (Å²) in [7, 11) is 3.31. The lowest BCUT2D eigenvalue weighted by Crippen LogP contribution is -2.45. The van der Waals surface area contributed by atoms with E-state index in [1.165, 1.54) is 0 Å². The minimum Gasteiger partial charge on any atom is -0.497 e. The summed E-state index contributed by atoms with van der Waals surface area (Å²) in [5.41, 5.74) is 1.75. The van der Waals surface area contributed by atoms with E-state index in [0.717, 1.165) is 22.6 Å². The van der Waals surface area contributed by atoms with E-state index in [2.05, 4.69) is 4.90 Å². The number of fused-ring (bicyclic) bond motifs is 1. The van der Waals surface area contributed by atoms with Crippen LogP contribution >= 0.6 is 0 Å². The standard InChI is InChI=1S/C21H25NO5/c1-24-17-7-3-15(4-8-17)19-22-20(16-5-9-18(25-2)10-6-16)27-14-21(22,11-12-23)13-26-19/h3-10,19-20,23H,11-14H2,1-2H3/t19-,20?,21-/m0/s1. The number of hydrogen-bond acceptors (Lipinski definition) is 6. The fourth-order valence-electron chi connectivity index (χ4n) is 3.97. The first-order chi connectivity index (χ1) is 13.2. The molecule has 6 nitrogen and oxygen atoms in total. The number of hydrogen-bond donors (Lipinski definition) is 1. The highest BCUT2D eigenvalue weighted by atomic mass is 16.6. The second-order valence-corrected chi connectivity index (χ2v) is 6.98. The van der Waals surface area contributed by atoms with Crippen LogP contribution in [0.15, 0.2) is 48.5 Å². The van der Waals surface area contributed by atoms with Gasteiger partial charge in [-0.2, -0.15) is 0 Å². The van der Waals surface area contributed by atoms with Crippen molar-refractivity contribution in [3.05, 3.63) is 59.7 Å². The number of aliphatic hydroxyl groups is 1. The molecule has 3 atom stereocenters. The molecule has 144 valence electrons. The number of ether oxygens (including phenoxy) is 4. The van der Waals surface area contributed by atoms with Crippen molar-refractivity contribution in [2.75, 3.05) is 34.0 Å². The number of methoxy groups -OCH3 is 2. The SMILES string of the molecule is COc1ccc(C2OC[C@]3(CCO)CO[C@@H](c4ccc(OC)cc4)N23)cc1. The van der Waals surface area contributed by atoms with Crippen molar-refractivity contribution in [3.63, 3.8) is 0 Å². The van der Waals surface area contributed by atoms with Crippen LogP contribution in [0.5, 0.6) is 11.5 Å². The summed E-state index contributed by atoms with van der Waals surface area (Å²) in [5.74, 6) is 1.62. The Balaban J connectivity index is 1.68. The van der Waals surface area contributed by atoms with Crippen molar-refractivity contribution < 1.29 is 24.1 Å². The van der Waals surface area contributed by atoms with E-state index in [0.29, 0.717) is 19.6 Å². The molecule has 2 aliphatic rings. The van der Waals surface area contributed by atoms with Crippen LogP contribution in [0.25, 0.3) is 0 Å². The third-order valence-corrected chi connectivity index (χ3v) is 5.45. The van der Waals surface area contributed by atoms with Gasteiger partial charge >= 0.3 is 0 Å². The van der Waals surface area contributed by atoms with Crippen LogP contribution in [0.1, 0.15) is 30.0 Å². The summed E-state index contributed by atoms with van der Waals surface area (Å²) in [6.07, 6.45) is 0.126. The molecule has 0 aliphatic carbocycles. The molecule has 2 heterocycles. The Kier molecular flexibility index (Phi) is 5.06. The maximum atomic E-state index is 9.65. The van der Waals surface area contributed by atoms with E-state index in [9.17, 15) is 5.11 Å². The summed E-state index contributed by atoms with van der Waals surface area (Å²) >= 11 is 0. The predicted octanol–water partition coefficient (Wildman–Crippen LogP) is 2.88. The van der Waals surface area contributed by atoms with E-state index in [4.69, 9.17) is 18.9 Å². The first kappa shape index (κ1) is 18.3. The van der Waals surface area contributed by atoms with Crippen molar-refractivity contribution >= 4 is 0 Å². The Morgan fingerprint density at radius 3 is 1.70 bits per heavy atom. The average Bonchev–Trinajstić information content (AvgIpc) is 3.25. The van der Waals surface area contributed by atoms with Crippen molar-refractivity contribution in [2.24, 2.45) is 0 Å². The lowest BCUT2D eigenvalue weighted by Gasteiger charge is -2.34. The molecule has 2 saturated heterocycles. The summed E-state index contributed by atoms with van der Waals surface area (Å²) < 4.78 is 22.9. The molecule has 2 aromatic carbocycles. The number of benzene rings is 2. The molecule has 0 bridgehead atoms. The molecule has 27 heavy (non-hydrogen) atoms. The Bertz CT molecular complexity index is 702. The zero-order valence-corrected chi connectivity index (χ0v) is 15.6. The molecule has 2 fully saturated rings. The maximum Gasteiger partial charge on any atom is 0.139 e. The number of nitrogens with zero attached hydrogens (tertiary/aromatic N) is 1. The second-order valence-electron chi connectivity index (χ2n) is 6.98. The minimum atomic E-state index is -0.329. The molecular formula is C21H25NO5. The Labute approximate surface area is 159 Å². The molecule has 1 N–H and O–H groups in total. The van der Waals surface area contributed by atoms with E-state index < -0.39 is 0 Å².